The third kappa shape index (κ3) is 2.29. The Hall–Kier alpha value is -1.95. The number of nitrogens with one attached hydrogen (secondary N) is 1. The molecule has 1 saturated heterocycles. The summed E-state index contributed by atoms with van der Waals surface area (Å²) < 4.78 is 0.715. The van der Waals surface area contributed by atoms with Crippen molar-refractivity contribution in [2.24, 2.45) is 0 Å². The zero-order chi connectivity index (χ0) is 15.1. The molecule has 1 fully saturated rings. The summed E-state index contributed by atoms with van der Waals surface area (Å²) in [6.07, 6.45) is 0.574. The topological polar surface area (TPSA) is 90.3 Å². The summed E-state index contributed by atoms with van der Waals surface area (Å²) in [4.78, 5) is 37.0. The first-order chi connectivity index (χ1) is 10.0. The highest BCUT2D eigenvalue weighted by Crippen LogP contribution is 2.30. The van der Waals surface area contributed by atoms with Gasteiger partial charge in [-0.05, 0) is 46.7 Å². The van der Waals surface area contributed by atoms with Crippen molar-refractivity contribution >= 4 is 40.3 Å². The van der Waals surface area contributed by atoms with Gasteiger partial charge in [-0.3, -0.25) is 19.7 Å². The molecule has 3 amide bonds. The van der Waals surface area contributed by atoms with Gasteiger partial charge < -0.3 is 4.90 Å². The Morgan fingerprint density at radius 1 is 1.33 bits per heavy atom. The van der Waals surface area contributed by atoms with Gasteiger partial charge in [0.05, 0.1) is 5.56 Å². The van der Waals surface area contributed by atoms with E-state index in [0.717, 1.165) is 5.56 Å². The molecular formula is C14H10IN3O3. The molecule has 1 N–H and O–H groups in total. The van der Waals surface area contributed by atoms with Crippen LogP contribution in [0.5, 0.6) is 0 Å². The molecule has 0 saturated carbocycles. The predicted octanol–water partition coefficient (Wildman–Crippen LogP) is 0.924. The summed E-state index contributed by atoms with van der Waals surface area (Å²) >= 11 is 2.01. The van der Waals surface area contributed by atoms with Crippen LogP contribution in [0.15, 0.2) is 12.1 Å². The van der Waals surface area contributed by atoms with Gasteiger partial charge in [-0.2, -0.15) is 5.26 Å². The number of nitriles is 1. The Morgan fingerprint density at radius 3 is 2.76 bits per heavy atom. The standard InChI is InChI=1S/C14H10IN3O3/c15-10-4-9-8(3-7(10)5-16)6-18(14(9)21)11-1-2-12(19)17-13(11)20/h3-4,11H,1-2,6H2,(H,17,19,20). The summed E-state index contributed by atoms with van der Waals surface area (Å²) in [5.74, 6) is -0.953. The fourth-order valence-corrected chi connectivity index (χ4v) is 3.26. The Kier molecular flexibility index (Phi) is 3.41. The summed E-state index contributed by atoms with van der Waals surface area (Å²) in [6, 6.07) is 4.85. The molecule has 7 heteroatoms. The Morgan fingerprint density at radius 2 is 2.10 bits per heavy atom. The number of imide groups is 1. The van der Waals surface area contributed by atoms with Crippen LogP contribution in [-0.4, -0.2) is 28.7 Å². The van der Waals surface area contributed by atoms with Crippen LogP contribution < -0.4 is 5.32 Å². The van der Waals surface area contributed by atoms with Gasteiger partial charge in [-0.1, -0.05) is 0 Å². The van der Waals surface area contributed by atoms with E-state index in [1.54, 1.807) is 12.1 Å². The monoisotopic (exact) mass is 395 g/mol. The van der Waals surface area contributed by atoms with Gasteiger partial charge in [0.25, 0.3) is 5.91 Å². The highest BCUT2D eigenvalue weighted by atomic mass is 127. The molecule has 0 aromatic heterocycles. The Labute approximate surface area is 134 Å². The number of amides is 3. The lowest BCUT2D eigenvalue weighted by molar-refractivity contribution is -0.136. The minimum absolute atomic E-state index is 0.220. The number of hydrogen-bond donors (Lipinski definition) is 1. The van der Waals surface area contributed by atoms with Crippen LogP contribution in [0.1, 0.15) is 34.3 Å². The molecule has 1 atom stereocenters. The fourth-order valence-electron chi connectivity index (χ4n) is 2.67. The number of rotatable bonds is 1. The minimum Gasteiger partial charge on any atom is -0.322 e. The van der Waals surface area contributed by atoms with Gasteiger partial charge in [-0.25, -0.2) is 0 Å². The van der Waals surface area contributed by atoms with E-state index in [-0.39, 0.29) is 18.2 Å². The fraction of sp³-hybridized carbons (Fsp3) is 0.286. The van der Waals surface area contributed by atoms with Crippen molar-refractivity contribution in [3.05, 3.63) is 32.4 Å². The normalized spacial score (nSPS) is 21.0. The second-order valence-corrected chi connectivity index (χ2v) is 6.16. The average Bonchev–Trinajstić information content (AvgIpc) is 2.75. The van der Waals surface area contributed by atoms with E-state index in [2.05, 4.69) is 11.4 Å². The second kappa shape index (κ2) is 5.11. The molecule has 1 aromatic carbocycles. The maximum atomic E-state index is 12.4. The van der Waals surface area contributed by atoms with Crippen LogP contribution in [0.25, 0.3) is 0 Å². The first kappa shape index (κ1) is 14.0. The Balaban J connectivity index is 1.92. The van der Waals surface area contributed by atoms with Crippen molar-refractivity contribution in [1.82, 2.24) is 10.2 Å². The second-order valence-electron chi connectivity index (χ2n) is 5.00. The number of fused-ring (bicyclic) bond motifs is 1. The van der Waals surface area contributed by atoms with Gasteiger partial charge in [0.1, 0.15) is 12.1 Å². The van der Waals surface area contributed by atoms with Gasteiger partial charge in [0.15, 0.2) is 0 Å². The van der Waals surface area contributed by atoms with Crippen molar-refractivity contribution < 1.29 is 14.4 Å². The van der Waals surface area contributed by atoms with Crippen LogP contribution in [0, 0.1) is 14.9 Å². The third-order valence-corrected chi connectivity index (χ3v) is 4.62. The van der Waals surface area contributed by atoms with E-state index in [9.17, 15) is 14.4 Å². The molecule has 0 aliphatic carbocycles. The highest BCUT2D eigenvalue weighted by molar-refractivity contribution is 14.1. The molecule has 106 valence electrons. The lowest BCUT2D eigenvalue weighted by atomic mass is 10.0. The number of hydrogen-bond acceptors (Lipinski definition) is 4. The molecule has 0 spiro atoms. The molecule has 1 aromatic rings. The summed E-state index contributed by atoms with van der Waals surface area (Å²) in [5.41, 5.74) is 1.80. The maximum absolute atomic E-state index is 12.4. The third-order valence-electron chi connectivity index (χ3n) is 3.73. The van der Waals surface area contributed by atoms with Gasteiger partial charge in [0, 0.05) is 22.1 Å². The SMILES string of the molecule is N#Cc1cc2c(cc1I)C(=O)N(C1CCC(=O)NC1=O)C2. The van der Waals surface area contributed by atoms with Crippen LogP contribution in [0.3, 0.4) is 0 Å². The lowest BCUT2D eigenvalue weighted by Gasteiger charge is -2.29. The van der Waals surface area contributed by atoms with Crippen molar-refractivity contribution in [3.8, 4) is 6.07 Å². The molecule has 1 unspecified atom stereocenters. The minimum atomic E-state index is -0.620. The smallest absolute Gasteiger partial charge is 0.255 e. The van der Waals surface area contributed by atoms with E-state index in [1.807, 2.05) is 22.6 Å². The molecule has 2 aliphatic rings. The van der Waals surface area contributed by atoms with E-state index < -0.39 is 11.9 Å². The number of halogens is 1. The van der Waals surface area contributed by atoms with Crippen molar-refractivity contribution in [1.29, 1.82) is 5.26 Å². The number of carbonyl (C=O) groups is 3. The van der Waals surface area contributed by atoms with Crippen LogP contribution >= 0.6 is 22.6 Å². The maximum Gasteiger partial charge on any atom is 0.255 e. The van der Waals surface area contributed by atoms with Crippen LogP contribution in [0.2, 0.25) is 0 Å². The summed E-state index contributed by atoms with van der Waals surface area (Å²) in [7, 11) is 0. The average molecular weight is 395 g/mol. The number of carbonyl (C=O) groups excluding carboxylic acids is 3. The zero-order valence-electron chi connectivity index (χ0n) is 10.9. The first-order valence-corrected chi connectivity index (χ1v) is 7.46. The quantitative estimate of drug-likeness (QED) is 0.566. The van der Waals surface area contributed by atoms with Gasteiger partial charge >= 0.3 is 0 Å². The van der Waals surface area contributed by atoms with Crippen molar-refractivity contribution in [3.63, 3.8) is 0 Å². The molecule has 21 heavy (non-hydrogen) atoms. The largest absolute Gasteiger partial charge is 0.322 e. The zero-order valence-corrected chi connectivity index (χ0v) is 13.0. The van der Waals surface area contributed by atoms with E-state index in [1.165, 1.54) is 4.90 Å². The molecule has 0 bridgehead atoms. The lowest BCUT2D eigenvalue weighted by Crippen LogP contribution is -2.52. The van der Waals surface area contributed by atoms with E-state index in [0.29, 0.717) is 27.7 Å². The Bertz CT molecular complexity index is 723. The highest BCUT2D eigenvalue weighted by Gasteiger charge is 2.39. The van der Waals surface area contributed by atoms with Crippen LogP contribution in [-0.2, 0) is 16.1 Å². The van der Waals surface area contributed by atoms with E-state index in [4.69, 9.17) is 5.26 Å². The number of benzene rings is 1. The predicted molar refractivity (Wildman–Crippen MR) is 79.9 cm³/mol. The molecular weight excluding hydrogens is 385 g/mol. The molecule has 2 heterocycles. The number of nitrogens with zero attached hydrogens (tertiary/aromatic N) is 2. The molecule has 6 nitrogen and oxygen atoms in total. The van der Waals surface area contributed by atoms with Gasteiger partial charge in [0.2, 0.25) is 11.8 Å². The van der Waals surface area contributed by atoms with Gasteiger partial charge in [-0.15, -0.1) is 0 Å². The summed E-state index contributed by atoms with van der Waals surface area (Å²) in [6.45, 7) is 0.298. The molecule has 3 rings (SSSR count). The van der Waals surface area contributed by atoms with Crippen LogP contribution in [0.4, 0.5) is 0 Å². The summed E-state index contributed by atoms with van der Waals surface area (Å²) in [5, 5.41) is 11.3. The van der Waals surface area contributed by atoms with E-state index >= 15 is 0 Å². The van der Waals surface area contributed by atoms with Crippen molar-refractivity contribution in [2.75, 3.05) is 0 Å². The first-order valence-electron chi connectivity index (χ1n) is 6.38. The van der Waals surface area contributed by atoms with Crippen molar-refractivity contribution in [2.45, 2.75) is 25.4 Å². The molecule has 2 aliphatic heterocycles. The molecule has 0 radical (unpaired) electrons. The number of piperidine rings is 1.